The summed E-state index contributed by atoms with van der Waals surface area (Å²) in [5.41, 5.74) is 4.17. The van der Waals surface area contributed by atoms with Crippen LogP contribution >= 0.6 is 22.9 Å². The topological polar surface area (TPSA) is 81.9 Å². The number of hydrogen-bond donors (Lipinski definition) is 3. The number of nitrogens with one attached hydrogen (secondary N) is 1. The number of phenolic OH excluding ortho intramolecular Hbond substituents is 2. The average Bonchev–Trinajstić information content (AvgIpc) is 3.05. The number of thiophene rings is 1. The number of phenols is 2. The molecule has 1 aliphatic carbocycles. The van der Waals surface area contributed by atoms with Gasteiger partial charge in [-0.1, -0.05) is 11.6 Å². The quantitative estimate of drug-likeness (QED) is 0.457. The molecule has 2 aromatic rings. The molecule has 0 aliphatic heterocycles. The molecule has 1 aromatic carbocycles. The number of hydrazone groups is 1. The van der Waals surface area contributed by atoms with Gasteiger partial charge in [-0.05, 0) is 48.6 Å². The third-order valence-electron chi connectivity index (χ3n) is 3.42. The molecule has 1 aromatic heterocycles. The number of nitrogens with zero attached hydrogens (tertiary/aromatic N) is 1. The maximum absolute atomic E-state index is 12.0. The van der Waals surface area contributed by atoms with E-state index in [4.69, 9.17) is 11.6 Å². The lowest BCUT2D eigenvalue weighted by Crippen LogP contribution is -2.16. The van der Waals surface area contributed by atoms with Crippen molar-refractivity contribution in [2.45, 2.75) is 19.3 Å². The van der Waals surface area contributed by atoms with Gasteiger partial charge >= 0.3 is 0 Å². The Labute approximate surface area is 135 Å². The number of aromatic hydroxyl groups is 2. The van der Waals surface area contributed by atoms with Crippen molar-refractivity contribution in [2.24, 2.45) is 5.10 Å². The van der Waals surface area contributed by atoms with Crippen molar-refractivity contribution >= 4 is 35.1 Å². The lowest BCUT2D eigenvalue weighted by Gasteiger charge is -2.01. The first kappa shape index (κ1) is 14.9. The molecule has 5 nitrogen and oxygen atoms in total. The molecule has 0 atom stereocenters. The summed E-state index contributed by atoms with van der Waals surface area (Å²) in [6, 6.07) is 4.66. The van der Waals surface area contributed by atoms with Gasteiger partial charge in [0.05, 0.1) is 16.1 Å². The zero-order chi connectivity index (χ0) is 15.7. The normalized spacial score (nSPS) is 13.5. The first-order valence-electron chi connectivity index (χ1n) is 6.71. The minimum absolute atomic E-state index is 0.0162. The molecule has 114 valence electrons. The predicted octanol–water partition coefficient (Wildman–Crippen LogP) is 3.07. The van der Waals surface area contributed by atoms with E-state index < -0.39 is 0 Å². The van der Waals surface area contributed by atoms with Crippen molar-refractivity contribution in [1.82, 2.24) is 5.43 Å². The second-order valence-electron chi connectivity index (χ2n) is 4.98. The number of benzene rings is 1. The standard InChI is InChI=1S/C15H13ClN2O3S/c16-10-4-8(5-11(19)14(10)20)7-17-18-15(21)13-6-9-2-1-3-12(9)22-13/h4-7,19-20H,1-3H2,(H,18,21)/b17-7+. The van der Waals surface area contributed by atoms with E-state index in [1.807, 2.05) is 6.07 Å². The van der Waals surface area contributed by atoms with E-state index in [9.17, 15) is 15.0 Å². The maximum Gasteiger partial charge on any atom is 0.281 e. The van der Waals surface area contributed by atoms with Crippen LogP contribution in [-0.4, -0.2) is 22.3 Å². The van der Waals surface area contributed by atoms with Crippen molar-refractivity contribution in [1.29, 1.82) is 0 Å². The zero-order valence-electron chi connectivity index (χ0n) is 11.5. The Morgan fingerprint density at radius 3 is 2.86 bits per heavy atom. The monoisotopic (exact) mass is 336 g/mol. The second-order valence-corrected chi connectivity index (χ2v) is 6.53. The number of carbonyl (C=O) groups excluding carboxylic acids is 1. The summed E-state index contributed by atoms with van der Waals surface area (Å²) < 4.78 is 0. The van der Waals surface area contributed by atoms with Crippen LogP contribution in [0.2, 0.25) is 5.02 Å². The Bertz CT molecular complexity index is 726. The molecule has 7 heteroatoms. The molecule has 0 unspecified atom stereocenters. The van der Waals surface area contributed by atoms with Gasteiger partial charge in [-0.25, -0.2) is 5.43 Å². The van der Waals surface area contributed by atoms with Gasteiger partial charge in [-0.3, -0.25) is 4.79 Å². The Kier molecular flexibility index (Phi) is 4.04. The smallest absolute Gasteiger partial charge is 0.281 e. The van der Waals surface area contributed by atoms with Gasteiger partial charge in [0, 0.05) is 4.88 Å². The number of carbonyl (C=O) groups is 1. The molecular formula is C15H13ClN2O3S. The van der Waals surface area contributed by atoms with Gasteiger partial charge < -0.3 is 10.2 Å². The van der Waals surface area contributed by atoms with E-state index in [0.29, 0.717) is 10.4 Å². The Hall–Kier alpha value is -2.05. The summed E-state index contributed by atoms with van der Waals surface area (Å²) in [6.45, 7) is 0. The predicted molar refractivity (Wildman–Crippen MR) is 86.2 cm³/mol. The van der Waals surface area contributed by atoms with Crippen LogP contribution in [0.15, 0.2) is 23.3 Å². The summed E-state index contributed by atoms with van der Waals surface area (Å²) in [5.74, 6) is -0.976. The molecular weight excluding hydrogens is 324 g/mol. The Morgan fingerprint density at radius 2 is 2.14 bits per heavy atom. The van der Waals surface area contributed by atoms with Crippen molar-refractivity contribution in [3.63, 3.8) is 0 Å². The number of fused-ring (bicyclic) bond motifs is 1. The van der Waals surface area contributed by atoms with Crippen LogP contribution in [0.4, 0.5) is 0 Å². The molecule has 0 spiro atoms. The summed E-state index contributed by atoms with van der Waals surface area (Å²) in [4.78, 5) is 13.9. The SMILES string of the molecule is O=C(N/N=C/c1cc(O)c(O)c(Cl)c1)c1cc2c(s1)CCC2. The molecule has 0 radical (unpaired) electrons. The number of halogens is 1. The zero-order valence-corrected chi connectivity index (χ0v) is 13.0. The van der Waals surface area contributed by atoms with E-state index in [2.05, 4.69) is 10.5 Å². The molecule has 1 amide bonds. The van der Waals surface area contributed by atoms with Crippen LogP contribution in [0.1, 0.15) is 32.1 Å². The first-order valence-corrected chi connectivity index (χ1v) is 7.90. The second kappa shape index (κ2) is 5.98. The number of rotatable bonds is 3. The van der Waals surface area contributed by atoms with Crippen LogP contribution in [-0.2, 0) is 12.8 Å². The summed E-state index contributed by atoms with van der Waals surface area (Å²) in [5, 5.41) is 22.7. The van der Waals surface area contributed by atoms with Crippen molar-refractivity contribution in [2.75, 3.05) is 0 Å². The third-order valence-corrected chi connectivity index (χ3v) is 4.94. The molecule has 0 bridgehead atoms. The highest BCUT2D eigenvalue weighted by Gasteiger charge is 2.18. The van der Waals surface area contributed by atoms with Crippen LogP contribution < -0.4 is 5.43 Å². The molecule has 0 saturated heterocycles. The number of aryl methyl sites for hydroxylation is 2. The van der Waals surface area contributed by atoms with Crippen molar-refractivity contribution in [3.8, 4) is 11.5 Å². The molecule has 22 heavy (non-hydrogen) atoms. The number of hydrogen-bond acceptors (Lipinski definition) is 5. The summed E-state index contributed by atoms with van der Waals surface area (Å²) in [6.07, 6.45) is 4.59. The van der Waals surface area contributed by atoms with Crippen LogP contribution in [0, 0.1) is 0 Å². The lowest BCUT2D eigenvalue weighted by atomic mass is 10.2. The first-order chi connectivity index (χ1) is 10.5. The minimum atomic E-state index is -0.379. The fraction of sp³-hybridized carbons (Fsp3) is 0.200. The van der Waals surface area contributed by atoms with E-state index in [-0.39, 0.29) is 22.4 Å². The molecule has 3 rings (SSSR count). The summed E-state index contributed by atoms with van der Waals surface area (Å²) >= 11 is 7.24. The number of amides is 1. The Morgan fingerprint density at radius 1 is 1.32 bits per heavy atom. The summed E-state index contributed by atoms with van der Waals surface area (Å²) in [7, 11) is 0. The van der Waals surface area contributed by atoms with Crippen molar-refractivity contribution < 1.29 is 15.0 Å². The molecule has 1 aliphatic rings. The van der Waals surface area contributed by atoms with Gasteiger partial charge in [-0.15, -0.1) is 11.3 Å². The van der Waals surface area contributed by atoms with E-state index in [1.165, 1.54) is 40.1 Å². The molecule has 0 saturated carbocycles. The average molecular weight is 337 g/mol. The van der Waals surface area contributed by atoms with E-state index >= 15 is 0 Å². The maximum atomic E-state index is 12.0. The fourth-order valence-corrected chi connectivity index (χ4v) is 3.71. The van der Waals surface area contributed by atoms with Gasteiger partial charge in [0.2, 0.25) is 0 Å². The highest BCUT2D eigenvalue weighted by atomic mass is 35.5. The van der Waals surface area contributed by atoms with Gasteiger partial charge in [0.25, 0.3) is 5.91 Å². The highest BCUT2D eigenvalue weighted by Crippen LogP contribution is 2.33. The Balaban J connectivity index is 1.67. The van der Waals surface area contributed by atoms with E-state index in [1.54, 1.807) is 0 Å². The third kappa shape index (κ3) is 2.93. The molecule has 1 heterocycles. The van der Waals surface area contributed by atoms with Crippen molar-refractivity contribution in [3.05, 3.63) is 44.1 Å². The highest BCUT2D eigenvalue weighted by molar-refractivity contribution is 7.14. The van der Waals surface area contributed by atoms with Crippen LogP contribution in [0.5, 0.6) is 11.5 Å². The van der Waals surface area contributed by atoms with Gasteiger partial charge in [0.1, 0.15) is 0 Å². The largest absolute Gasteiger partial charge is 0.504 e. The van der Waals surface area contributed by atoms with Gasteiger partial charge in [-0.2, -0.15) is 5.10 Å². The van der Waals surface area contributed by atoms with Crippen LogP contribution in [0.25, 0.3) is 0 Å². The fourth-order valence-electron chi connectivity index (χ4n) is 2.34. The lowest BCUT2D eigenvalue weighted by molar-refractivity contribution is 0.0959. The van der Waals surface area contributed by atoms with E-state index in [0.717, 1.165) is 19.3 Å². The van der Waals surface area contributed by atoms with Gasteiger partial charge in [0.15, 0.2) is 11.5 Å². The molecule has 3 N–H and O–H groups in total. The van der Waals surface area contributed by atoms with Crippen LogP contribution in [0.3, 0.4) is 0 Å². The molecule has 0 fully saturated rings. The minimum Gasteiger partial charge on any atom is -0.504 e.